The van der Waals surface area contributed by atoms with Gasteiger partial charge in [-0.25, -0.2) is 4.39 Å². The second-order valence-electron chi connectivity index (χ2n) is 2.42. The molecule has 1 aromatic heterocycles. The third-order valence-corrected chi connectivity index (χ3v) is 1.58. The highest BCUT2D eigenvalue weighted by molar-refractivity contribution is 6.58. The normalized spacial score (nSPS) is 10.0. The molecule has 0 unspecified atom stereocenters. The third-order valence-electron chi connectivity index (χ3n) is 1.58. The molecule has 0 aliphatic rings. The quantitative estimate of drug-likeness (QED) is 0.584. The number of pyridine rings is 1. The van der Waals surface area contributed by atoms with Crippen molar-refractivity contribution in [1.29, 1.82) is 0 Å². The Morgan fingerprint density at radius 1 is 1.58 bits per heavy atom. The highest BCUT2D eigenvalue weighted by Gasteiger charge is 2.16. The maximum absolute atomic E-state index is 12.8. The van der Waals surface area contributed by atoms with E-state index < -0.39 is 12.9 Å². The first kappa shape index (κ1) is 9.16. The molecular formula is C7H9BFNO2. The molecule has 2 N–H and O–H groups in total. The topological polar surface area (TPSA) is 53.4 Å². The Morgan fingerprint density at radius 2 is 2.25 bits per heavy atom. The lowest BCUT2D eigenvalue weighted by Gasteiger charge is -2.02. The van der Waals surface area contributed by atoms with Crippen molar-refractivity contribution >= 4 is 12.6 Å². The van der Waals surface area contributed by atoms with E-state index >= 15 is 0 Å². The van der Waals surface area contributed by atoms with Gasteiger partial charge in [-0.3, -0.25) is 4.98 Å². The number of hydrogen-bond donors (Lipinski definition) is 2. The van der Waals surface area contributed by atoms with Crippen LogP contribution in [0.4, 0.5) is 4.39 Å². The summed E-state index contributed by atoms with van der Waals surface area (Å²) in [4.78, 5) is 3.74. The summed E-state index contributed by atoms with van der Waals surface area (Å²) in [5.41, 5.74) is 0.515. The lowest BCUT2D eigenvalue weighted by Crippen LogP contribution is -2.33. The summed E-state index contributed by atoms with van der Waals surface area (Å²) in [5.74, 6) is -0.692. The molecule has 0 atom stereocenters. The van der Waals surface area contributed by atoms with Gasteiger partial charge in [-0.1, -0.05) is 6.92 Å². The Balaban J connectivity index is 3.08. The molecule has 0 bridgehead atoms. The number of hydrogen-bond acceptors (Lipinski definition) is 3. The van der Waals surface area contributed by atoms with Crippen molar-refractivity contribution < 1.29 is 14.4 Å². The maximum Gasteiger partial charge on any atom is 0.491 e. The summed E-state index contributed by atoms with van der Waals surface area (Å²) in [6.45, 7) is 1.85. The predicted octanol–water partition coefficient (Wildman–Crippen LogP) is -0.537. The van der Waals surface area contributed by atoms with Crippen LogP contribution in [0.3, 0.4) is 0 Å². The van der Waals surface area contributed by atoms with E-state index in [1.54, 1.807) is 0 Å². The van der Waals surface area contributed by atoms with E-state index in [4.69, 9.17) is 10.0 Å². The van der Waals surface area contributed by atoms with Crippen molar-refractivity contribution in [3.8, 4) is 0 Å². The van der Waals surface area contributed by atoms with Crippen LogP contribution in [0, 0.1) is 5.82 Å². The van der Waals surface area contributed by atoms with Crippen LogP contribution in [0.1, 0.15) is 12.6 Å². The first-order valence-electron chi connectivity index (χ1n) is 3.65. The predicted molar refractivity (Wildman–Crippen MR) is 43.4 cm³/mol. The van der Waals surface area contributed by atoms with Gasteiger partial charge in [0.05, 0.1) is 6.20 Å². The molecule has 0 aliphatic carbocycles. The van der Waals surface area contributed by atoms with E-state index in [0.29, 0.717) is 12.1 Å². The molecule has 0 aliphatic heterocycles. The van der Waals surface area contributed by atoms with E-state index in [2.05, 4.69) is 4.98 Å². The highest BCUT2D eigenvalue weighted by atomic mass is 19.1. The van der Waals surface area contributed by atoms with Gasteiger partial charge >= 0.3 is 7.12 Å². The smallest absolute Gasteiger partial charge is 0.423 e. The average molecular weight is 169 g/mol. The van der Waals surface area contributed by atoms with Crippen molar-refractivity contribution in [1.82, 2.24) is 4.98 Å². The van der Waals surface area contributed by atoms with Crippen molar-refractivity contribution in [2.75, 3.05) is 0 Å². The van der Waals surface area contributed by atoms with Gasteiger partial charge in [-0.05, 0) is 12.5 Å². The van der Waals surface area contributed by atoms with Gasteiger partial charge < -0.3 is 10.0 Å². The van der Waals surface area contributed by atoms with Crippen LogP contribution in [-0.2, 0) is 6.42 Å². The van der Waals surface area contributed by atoms with E-state index in [1.165, 1.54) is 6.07 Å². The number of aryl methyl sites for hydroxylation is 1. The number of rotatable bonds is 2. The summed E-state index contributed by atoms with van der Waals surface area (Å²) >= 11 is 0. The van der Waals surface area contributed by atoms with Gasteiger partial charge in [0.15, 0.2) is 0 Å². The summed E-state index contributed by atoms with van der Waals surface area (Å²) in [5, 5.41) is 17.4. The van der Waals surface area contributed by atoms with Crippen LogP contribution in [-0.4, -0.2) is 22.2 Å². The fourth-order valence-electron chi connectivity index (χ4n) is 0.891. The first-order valence-corrected chi connectivity index (χ1v) is 3.65. The van der Waals surface area contributed by atoms with Gasteiger partial charge in [0.2, 0.25) is 0 Å². The van der Waals surface area contributed by atoms with E-state index in [9.17, 15) is 4.39 Å². The van der Waals surface area contributed by atoms with Crippen LogP contribution in [0.15, 0.2) is 12.3 Å². The Bertz CT molecular complexity index is 280. The molecule has 0 spiro atoms. The molecule has 0 fully saturated rings. The van der Waals surface area contributed by atoms with Crippen molar-refractivity contribution in [3.63, 3.8) is 0 Å². The molecule has 5 heteroatoms. The van der Waals surface area contributed by atoms with E-state index in [1.807, 2.05) is 6.92 Å². The SMILES string of the molecule is CCc1cc(B(O)O)c(F)cn1. The van der Waals surface area contributed by atoms with Crippen molar-refractivity contribution in [2.24, 2.45) is 0 Å². The van der Waals surface area contributed by atoms with Crippen LogP contribution in [0.5, 0.6) is 0 Å². The van der Waals surface area contributed by atoms with Gasteiger partial charge in [-0.15, -0.1) is 0 Å². The standard InChI is InChI=1S/C7H9BFNO2/c1-2-5-3-6(8(11)12)7(9)4-10-5/h3-4,11-12H,2H2,1H3. The van der Waals surface area contributed by atoms with E-state index in [0.717, 1.165) is 6.20 Å². The Hall–Kier alpha value is -0.935. The average Bonchev–Trinajstić information content (AvgIpc) is 2.05. The zero-order valence-corrected chi connectivity index (χ0v) is 6.66. The van der Waals surface area contributed by atoms with Gasteiger partial charge in [0.25, 0.3) is 0 Å². The van der Waals surface area contributed by atoms with Gasteiger partial charge in [0.1, 0.15) is 5.82 Å². The minimum atomic E-state index is -1.77. The van der Waals surface area contributed by atoms with Crippen molar-refractivity contribution in [2.45, 2.75) is 13.3 Å². The molecule has 0 saturated heterocycles. The van der Waals surface area contributed by atoms with Crippen molar-refractivity contribution in [3.05, 3.63) is 23.8 Å². The number of nitrogens with zero attached hydrogens (tertiary/aromatic N) is 1. The second-order valence-corrected chi connectivity index (χ2v) is 2.42. The lowest BCUT2D eigenvalue weighted by molar-refractivity contribution is 0.422. The molecule has 1 heterocycles. The largest absolute Gasteiger partial charge is 0.491 e. The maximum atomic E-state index is 12.8. The second kappa shape index (κ2) is 3.64. The minimum absolute atomic E-state index is 0.123. The van der Waals surface area contributed by atoms with Crippen LogP contribution in [0.2, 0.25) is 0 Å². The molecule has 64 valence electrons. The Kier molecular flexibility index (Phi) is 2.78. The minimum Gasteiger partial charge on any atom is -0.423 e. The molecule has 0 aromatic carbocycles. The van der Waals surface area contributed by atoms with Crippen LogP contribution in [0.25, 0.3) is 0 Å². The highest BCUT2D eigenvalue weighted by Crippen LogP contribution is 1.97. The third kappa shape index (κ3) is 1.81. The lowest BCUT2D eigenvalue weighted by atomic mass is 9.80. The summed E-state index contributed by atoms with van der Waals surface area (Å²) in [6.07, 6.45) is 1.63. The fraction of sp³-hybridized carbons (Fsp3) is 0.286. The van der Waals surface area contributed by atoms with E-state index in [-0.39, 0.29) is 5.46 Å². The Morgan fingerprint density at radius 3 is 2.75 bits per heavy atom. The Labute approximate surface area is 70.0 Å². The zero-order chi connectivity index (χ0) is 9.14. The number of halogens is 1. The summed E-state index contributed by atoms with van der Waals surface area (Å²) in [6, 6.07) is 1.35. The molecule has 0 amide bonds. The molecule has 12 heavy (non-hydrogen) atoms. The molecule has 0 radical (unpaired) electrons. The summed E-state index contributed by atoms with van der Waals surface area (Å²) in [7, 11) is -1.77. The molecule has 1 aromatic rings. The molecule has 3 nitrogen and oxygen atoms in total. The van der Waals surface area contributed by atoms with Gasteiger partial charge in [-0.2, -0.15) is 0 Å². The summed E-state index contributed by atoms with van der Waals surface area (Å²) < 4.78 is 12.8. The monoisotopic (exact) mass is 169 g/mol. The van der Waals surface area contributed by atoms with Gasteiger partial charge in [0, 0.05) is 11.2 Å². The molecular weight excluding hydrogens is 160 g/mol. The molecule has 1 rings (SSSR count). The van der Waals surface area contributed by atoms with Crippen LogP contribution < -0.4 is 5.46 Å². The first-order chi connectivity index (χ1) is 5.65. The van der Waals surface area contributed by atoms with Crippen LogP contribution >= 0.6 is 0 Å². The molecule has 0 saturated carbocycles. The zero-order valence-electron chi connectivity index (χ0n) is 6.66. The fourth-order valence-corrected chi connectivity index (χ4v) is 0.891. The number of aromatic nitrogens is 1.